The molecule has 1 aromatic heterocycles. The normalized spacial score (nSPS) is 13.3. The van der Waals surface area contributed by atoms with Crippen molar-refractivity contribution >= 4 is 11.3 Å². The standard InChI is InChI=1S/C13H22OS/c1-11(2)8-9-12(14)5-3-6-13-7-4-10-15-13/h4,7,10-12,14H,3,5-6,8-9H2,1-2H3. The third-order valence-corrected chi connectivity index (χ3v) is 3.55. The quantitative estimate of drug-likeness (QED) is 0.748. The highest BCUT2D eigenvalue weighted by Crippen LogP contribution is 2.15. The summed E-state index contributed by atoms with van der Waals surface area (Å²) in [4.78, 5) is 1.44. The maximum Gasteiger partial charge on any atom is 0.0540 e. The number of hydrogen-bond donors (Lipinski definition) is 1. The second-order valence-electron chi connectivity index (χ2n) is 4.60. The zero-order chi connectivity index (χ0) is 11.1. The molecule has 15 heavy (non-hydrogen) atoms. The molecule has 0 saturated carbocycles. The molecule has 0 spiro atoms. The summed E-state index contributed by atoms with van der Waals surface area (Å²) in [7, 11) is 0. The zero-order valence-electron chi connectivity index (χ0n) is 9.78. The molecule has 2 heteroatoms. The first-order valence-corrected chi connectivity index (χ1v) is 6.77. The molecule has 1 unspecified atom stereocenters. The van der Waals surface area contributed by atoms with Gasteiger partial charge in [0.25, 0.3) is 0 Å². The minimum Gasteiger partial charge on any atom is -0.393 e. The predicted molar refractivity (Wildman–Crippen MR) is 67.3 cm³/mol. The third-order valence-electron chi connectivity index (χ3n) is 2.62. The Morgan fingerprint density at radius 3 is 2.67 bits per heavy atom. The molecule has 0 aliphatic rings. The largest absolute Gasteiger partial charge is 0.393 e. The van der Waals surface area contributed by atoms with Crippen LogP contribution in [-0.2, 0) is 6.42 Å². The van der Waals surface area contributed by atoms with Crippen molar-refractivity contribution in [3.63, 3.8) is 0 Å². The third kappa shape index (κ3) is 5.95. The Hall–Kier alpha value is -0.340. The minimum atomic E-state index is -0.0904. The molecule has 1 heterocycles. The molecular formula is C13H22OS. The van der Waals surface area contributed by atoms with Gasteiger partial charge in [-0.3, -0.25) is 0 Å². The molecular weight excluding hydrogens is 204 g/mol. The van der Waals surface area contributed by atoms with Crippen molar-refractivity contribution in [1.29, 1.82) is 0 Å². The van der Waals surface area contributed by atoms with Crippen molar-refractivity contribution < 1.29 is 5.11 Å². The van der Waals surface area contributed by atoms with E-state index in [9.17, 15) is 5.11 Å². The smallest absolute Gasteiger partial charge is 0.0540 e. The molecule has 0 aromatic carbocycles. The van der Waals surface area contributed by atoms with Crippen LogP contribution in [0.15, 0.2) is 17.5 Å². The lowest BCUT2D eigenvalue weighted by molar-refractivity contribution is 0.144. The van der Waals surface area contributed by atoms with E-state index in [-0.39, 0.29) is 6.10 Å². The molecule has 0 saturated heterocycles. The molecule has 0 bridgehead atoms. The predicted octanol–water partition coefficient (Wildman–Crippen LogP) is 3.87. The van der Waals surface area contributed by atoms with Gasteiger partial charge < -0.3 is 5.11 Å². The van der Waals surface area contributed by atoms with Crippen LogP contribution in [0.4, 0.5) is 0 Å². The fraction of sp³-hybridized carbons (Fsp3) is 0.692. The fourth-order valence-electron chi connectivity index (χ4n) is 1.64. The highest BCUT2D eigenvalue weighted by Gasteiger charge is 2.05. The first kappa shape index (κ1) is 12.7. The summed E-state index contributed by atoms with van der Waals surface area (Å²) < 4.78 is 0. The second kappa shape index (κ2) is 7.02. The highest BCUT2D eigenvalue weighted by molar-refractivity contribution is 7.09. The van der Waals surface area contributed by atoms with Crippen molar-refractivity contribution in [3.05, 3.63) is 22.4 Å². The average Bonchev–Trinajstić information content (AvgIpc) is 2.67. The zero-order valence-corrected chi connectivity index (χ0v) is 10.6. The summed E-state index contributed by atoms with van der Waals surface area (Å²) in [6.45, 7) is 4.41. The van der Waals surface area contributed by atoms with Crippen LogP contribution < -0.4 is 0 Å². The van der Waals surface area contributed by atoms with Crippen molar-refractivity contribution in [3.8, 4) is 0 Å². The van der Waals surface area contributed by atoms with Crippen LogP contribution >= 0.6 is 11.3 Å². The van der Waals surface area contributed by atoms with Crippen molar-refractivity contribution in [2.45, 2.75) is 52.1 Å². The second-order valence-corrected chi connectivity index (χ2v) is 5.63. The van der Waals surface area contributed by atoms with Crippen LogP contribution in [0.5, 0.6) is 0 Å². The van der Waals surface area contributed by atoms with Crippen LogP contribution in [0, 0.1) is 5.92 Å². The molecule has 1 aromatic rings. The van der Waals surface area contributed by atoms with E-state index in [1.165, 1.54) is 4.88 Å². The summed E-state index contributed by atoms with van der Waals surface area (Å²) in [5, 5.41) is 11.8. The van der Waals surface area contributed by atoms with Crippen LogP contribution in [0.3, 0.4) is 0 Å². The Kier molecular flexibility index (Phi) is 5.96. The van der Waals surface area contributed by atoms with E-state index in [4.69, 9.17) is 0 Å². The molecule has 1 atom stereocenters. The Balaban J connectivity index is 2.04. The van der Waals surface area contributed by atoms with E-state index in [0.29, 0.717) is 5.92 Å². The van der Waals surface area contributed by atoms with Gasteiger partial charge in [-0.15, -0.1) is 11.3 Å². The first-order chi connectivity index (χ1) is 7.18. The number of aliphatic hydroxyl groups excluding tert-OH is 1. The van der Waals surface area contributed by atoms with Gasteiger partial charge in [0.2, 0.25) is 0 Å². The number of aliphatic hydroxyl groups is 1. The number of rotatable bonds is 7. The van der Waals surface area contributed by atoms with E-state index < -0.39 is 0 Å². The lowest BCUT2D eigenvalue weighted by atomic mass is 10.0. The SMILES string of the molecule is CC(C)CCC(O)CCCc1cccs1. The Morgan fingerprint density at radius 1 is 1.27 bits per heavy atom. The summed E-state index contributed by atoms with van der Waals surface area (Å²) in [5.74, 6) is 0.706. The minimum absolute atomic E-state index is 0.0904. The monoisotopic (exact) mass is 226 g/mol. The van der Waals surface area contributed by atoms with Gasteiger partial charge in [-0.25, -0.2) is 0 Å². The Labute approximate surface area is 97.2 Å². The first-order valence-electron chi connectivity index (χ1n) is 5.89. The molecule has 86 valence electrons. The number of hydrogen-bond acceptors (Lipinski definition) is 2. The lowest BCUT2D eigenvalue weighted by Gasteiger charge is -2.11. The summed E-state index contributed by atoms with van der Waals surface area (Å²) in [6, 6.07) is 4.26. The van der Waals surface area contributed by atoms with Gasteiger partial charge in [-0.05, 0) is 49.5 Å². The van der Waals surface area contributed by atoms with Gasteiger partial charge in [-0.1, -0.05) is 19.9 Å². The topological polar surface area (TPSA) is 20.2 Å². The summed E-state index contributed by atoms with van der Waals surface area (Å²) in [6.07, 6.45) is 5.19. The molecule has 0 aliphatic carbocycles. The molecule has 1 rings (SSSR count). The van der Waals surface area contributed by atoms with Gasteiger partial charge in [-0.2, -0.15) is 0 Å². The van der Waals surface area contributed by atoms with Gasteiger partial charge in [0.05, 0.1) is 6.10 Å². The maximum absolute atomic E-state index is 9.73. The van der Waals surface area contributed by atoms with Gasteiger partial charge in [0, 0.05) is 4.88 Å². The molecule has 0 fully saturated rings. The van der Waals surface area contributed by atoms with Crippen molar-refractivity contribution in [2.24, 2.45) is 5.92 Å². The highest BCUT2D eigenvalue weighted by atomic mass is 32.1. The molecule has 1 nitrogen and oxygen atoms in total. The van der Waals surface area contributed by atoms with Crippen LogP contribution in [0.1, 0.15) is 44.4 Å². The van der Waals surface area contributed by atoms with E-state index in [2.05, 4.69) is 31.4 Å². The van der Waals surface area contributed by atoms with Gasteiger partial charge >= 0.3 is 0 Å². The van der Waals surface area contributed by atoms with Crippen LogP contribution in [0.2, 0.25) is 0 Å². The molecule has 0 radical (unpaired) electrons. The maximum atomic E-state index is 9.73. The molecule has 0 amide bonds. The molecule has 1 N–H and O–H groups in total. The average molecular weight is 226 g/mol. The summed E-state index contributed by atoms with van der Waals surface area (Å²) in [5.41, 5.74) is 0. The van der Waals surface area contributed by atoms with Gasteiger partial charge in [0.15, 0.2) is 0 Å². The van der Waals surface area contributed by atoms with E-state index in [1.807, 2.05) is 11.3 Å². The lowest BCUT2D eigenvalue weighted by Crippen LogP contribution is -2.08. The number of thiophene rings is 1. The van der Waals surface area contributed by atoms with Crippen LogP contribution in [-0.4, -0.2) is 11.2 Å². The Bertz CT molecular complexity index is 241. The van der Waals surface area contributed by atoms with E-state index in [1.54, 1.807) is 0 Å². The fourth-order valence-corrected chi connectivity index (χ4v) is 2.39. The van der Waals surface area contributed by atoms with Crippen molar-refractivity contribution in [2.75, 3.05) is 0 Å². The summed E-state index contributed by atoms with van der Waals surface area (Å²) >= 11 is 1.81. The van der Waals surface area contributed by atoms with E-state index in [0.717, 1.165) is 32.1 Å². The Morgan fingerprint density at radius 2 is 2.07 bits per heavy atom. The van der Waals surface area contributed by atoms with Crippen molar-refractivity contribution in [1.82, 2.24) is 0 Å². The number of aryl methyl sites for hydroxylation is 1. The van der Waals surface area contributed by atoms with Gasteiger partial charge in [0.1, 0.15) is 0 Å². The molecule has 0 aliphatic heterocycles. The van der Waals surface area contributed by atoms with Crippen LogP contribution in [0.25, 0.3) is 0 Å². The van der Waals surface area contributed by atoms with E-state index >= 15 is 0 Å².